The average molecular weight is 282 g/mol. The minimum Gasteiger partial charge on any atom is -0.324 e. The van der Waals surface area contributed by atoms with Crippen LogP contribution < -0.4 is 10.5 Å². The summed E-state index contributed by atoms with van der Waals surface area (Å²) < 4.78 is 26.9. The van der Waals surface area contributed by atoms with E-state index in [1.165, 1.54) is 12.8 Å². The molecule has 0 spiro atoms. The van der Waals surface area contributed by atoms with Crippen LogP contribution in [0.5, 0.6) is 0 Å². The maximum absolute atomic E-state index is 12.1. The lowest BCUT2D eigenvalue weighted by Crippen LogP contribution is -2.29. The monoisotopic (exact) mass is 282 g/mol. The van der Waals surface area contributed by atoms with Gasteiger partial charge in [0.15, 0.2) is 0 Å². The second kappa shape index (κ2) is 5.61. The van der Waals surface area contributed by atoms with Crippen LogP contribution in [0.1, 0.15) is 38.3 Å². The Kier molecular flexibility index (Phi) is 4.28. The molecule has 1 fully saturated rings. The summed E-state index contributed by atoms with van der Waals surface area (Å²) in [7, 11) is -3.39. The van der Waals surface area contributed by atoms with E-state index in [9.17, 15) is 8.42 Å². The topological polar surface area (TPSA) is 72.2 Å². The van der Waals surface area contributed by atoms with Gasteiger partial charge in [0.25, 0.3) is 0 Å². The van der Waals surface area contributed by atoms with Crippen molar-refractivity contribution in [2.45, 2.75) is 37.6 Å². The van der Waals surface area contributed by atoms with Gasteiger partial charge in [-0.2, -0.15) is 0 Å². The molecular formula is C14H22N2O2S. The summed E-state index contributed by atoms with van der Waals surface area (Å²) in [5, 5.41) is 0. The molecule has 0 amide bonds. The van der Waals surface area contributed by atoms with Crippen molar-refractivity contribution < 1.29 is 8.42 Å². The van der Waals surface area contributed by atoms with E-state index in [4.69, 9.17) is 5.73 Å². The Balaban J connectivity index is 2.01. The third-order valence-electron chi connectivity index (χ3n) is 3.74. The van der Waals surface area contributed by atoms with Crippen molar-refractivity contribution in [3.8, 4) is 0 Å². The number of rotatable bonds is 6. The van der Waals surface area contributed by atoms with E-state index >= 15 is 0 Å². The normalized spacial score (nSPS) is 19.1. The van der Waals surface area contributed by atoms with Crippen molar-refractivity contribution in [1.82, 2.24) is 4.72 Å². The van der Waals surface area contributed by atoms with Crippen LogP contribution in [0.3, 0.4) is 0 Å². The second-order valence-electron chi connectivity index (χ2n) is 5.52. The van der Waals surface area contributed by atoms with Crippen LogP contribution in [0.2, 0.25) is 0 Å². The van der Waals surface area contributed by atoms with Gasteiger partial charge in [-0.3, -0.25) is 0 Å². The molecule has 2 rings (SSSR count). The predicted molar refractivity (Wildman–Crippen MR) is 76.1 cm³/mol. The summed E-state index contributed by atoms with van der Waals surface area (Å²) in [6.07, 6.45) is 2.46. The van der Waals surface area contributed by atoms with Crippen molar-refractivity contribution in [2.24, 2.45) is 17.6 Å². The van der Waals surface area contributed by atoms with Gasteiger partial charge in [-0.1, -0.05) is 19.1 Å². The molecule has 5 heteroatoms. The Morgan fingerprint density at radius 1 is 1.26 bits per heavy atom. The van der Waals surface area contributed by atoms with Gasteiger partial charge >= 0.3 is 0 Å². The van der Waals surface area contributed by atoms with Crippen LogP contribution in [0.4, 0.5) is 0 Å². The summed E-state index contributed by atoms with van der Waals surface area (Å²) in [6.45, 7) is 4.49. The highest BCUT2D eigenvalue weighted by atomic mass is 32.2. The van der Waals surface area contributed by atoms with E-state index < -0.39 is 10.0 Å². The first kappa shape index (κ1) is 14.5. The van der Waals surface area contributed by atoms with Crippen LogP contribution in [-0.2, 0) is 10.0 Å². The lowest BCUT2D eigenvalue weighted by atomic mass is 10.1. The molecule has 0 aliphatic heterocycles. The molecule has 19 heavy (non-hydrogen) atoms. The second-order valence-corrected chi connectivity index (χ2v) is 7.29. The summed E-state index contributed by atoms with van der Waals surface area (Å²) >= 11 is 0. The molecule has 3 N–H and O–H groups in total. The first-order chi connectivity index (χ1) is 8.90. The number of nitrogens with one attached hydrogen (secondary N) is 1. The van der Waals surface area contributed by atoms with Crippen molar-refractivity contribution in [1.29, 1.82) is 0 Å². The van der Waals surface area contributed by atoms with Crippen molar-refractivity contribution in [3.05, 3.63) is 29.8 Å². The molecule has 4 nitrogen and oxygen atoms in total. The molecule has 1 aromatic rings. The van der Waals surface area contributed by atoms with Gasteiger partial charge in [0.1, 0.15) is 0 Å². The quantitative estimate of drug-likeness (QED) is 0.838. The molecule has 0 saturated heterocycles. The first-order valence-electron chi connectivity index (χ1n) is 6.75. The minimum atomic E-state index is -3.39. The number of benzene rings is 1. The number of nitrogens with two attached hydrogens (primary N) is 1. The van der Waals surface area contributed by atoms with Gasteiger partial charge in [-0.25, -0.2) is 13.1 Å². The fourth-order valence-corrected chi connectivity index (χ4v) is 3.25. The Labute approximate surface area is 115 Å². The third kappa shape index (κ3) is 3.78. The van der Waals surface area contributed by atoms with E-state index in [-0.39, 0.29) is 6.04 Å². The maximum Gasteiger partial charge on any atom is 0.240 e. The highest BCUT2D eigenvalue weighted by Gasteiger charge is 2.28. The van der Waals surface area contributed by atoms with E-state index in [0.29, 0.717) is 23.3 Å². The molecule has 1 aliphatic rings. The fourth-order valence-electron chi connectivity index (χ4n) is 2.11. The highest BCUT2D eigenvalue weighted by Crippen LogP contribution is 2.36. The highest BCUT2D eigenvalue weighted by molar-refractivity contribution is 7.89. The van der Waals surface area contributed by atoms with Crippen molar-refractivity contribution in [3.63, 3.8) is 0 Å². The molecule has 0 aromatic heterocycles. The molecule has 0 heterocycles. The standard InChI is InChI=1S/C14H22N2O2S/c1-10(12-3-4-12)9-16-19(17,18)14-7-5-13(6-8-14)11(2)15/h5-8,10-12,16H,3-4,9,15H2,1-2H3. The van der Waals surface area contributed by atoms with Crippen LogP contribution in [0.25, 0.3) is 0 Å². The molecule has 0 bridgehead atoms. The molecule has 2 atom stereocenters. The van der Waals surface area contributed by atoms with E-state index in [0.717, 1.165) is 5.56 Å². The number of hydrogen-bond donors (Lipinski definition) is 2. The van der Waals surface area contributed by atoms with Gasteiger partial charge in [-0.15, -0.1) is 0 Å². The lowest BCUT2D eigenvalue weighted by Gasteiger charge is -2.12. The summed E-state index contributed by atoms with van der Waals surface area (Å²) in [5.74, 6) is 1.11. The van der Waals surface area contributed by atoms with E-state index in [2.05, 4.69) is 11.6 Å². The lowest BCUT2D eigenvalue weighted by molar-refractivity contribution is 0.492. The molecule has 1 aromatic carbocycles. The largest absolute Gasteiger partial charge is 0.324 e. The van der Waals surface area contributed by atoms with Gasteiger partial charge < -0.3 is 5.73 Å². The maximum atomic E-state index is 12.1. The zero-order valence-electron chi connectivity index (χ0n) is 11.5. The number of sulfonamides is 1. The smallest absolute Gasteiger partial charge is 0.240 e. The molecule has 2 unspecified atom stereocenters. The Morgan fingerprint density at radius 3 is 2.32 bits per heavy atom. The van der Waals surface area contributed by atoms with Crippen LogP contribution in [0, 0.1) is 11.8 Å². The zero-order valence-corrected chi connectivity index (χ0v) is 12.3. The summed E-state index contributed by atoms with van der Waals surface area (Å²) in [5.41, 5.74) is 6.68. The molecule has 106 valence electrons. The SMILES string of the molecule is CC(N)c1ccc(S(=O)(=O)NCC(C)C2CC2)cc1. The zero-order chi connectivity index (χ0) is 14.0. The summed E-state index contributed by atoms with van der Waals surface area (Å²) in [6, 6.07) is 6.68. The number of hydrogen-bond acceptors (Lipinski definition) is 3. The van der Waals surface area contributed by atoms with Crippen LogP contribution in [-0.4, -0.2) is 15.0 Å². The fraction of sp³-hybridized carbons (Fsp3) is 0.571. The molecular weight excluding hydrogens is 260 g/mol. The summed E-state index contributed by atoms with van der Waals surface area (Å²) in [4.78, 5) is 0.305. The first-order valence-corrected chi connectivity index (χ1v) is 8.23. The molecule has 1 aliphatic carbocycles. The Hall–Kier alpha value is -0.910. The van der Waals surface area contributed by atoms with E-state index in [1.807, 2.05) is 6.92 Å². The van der Waals surface area contributed by atoms with Crippen molar-refractivity contribution in [2.75, 3.05) is 6.54 Å². The van der Waals surface area contributed by atoms with Gasteiger partial charge in [-0.05, 0) is 49.3 Å². The predicted octanol–water partition coefficient (Wildman–Crippen LogP) is 2.03. The van der Waals surface area contributed by atoms with Crippen LogP contribution in [0.15, 0.2) is 29.2 Å². The van der Waals surface area contributed by atoms with E-state index in [1.54, 1.807) is 24.3 Å². The Bertz CT molecular complexity index is 519. The van der Waals surface area contributed by atoms with Gasteiger partial charge in [0.05, 0.1) is 4.90 Å². The van der Waals surface area contributed by atoms with Gasteiger partial charge in [0.2, 0.25) is 10.0 Å². The molecule has 0 radical (unpaired) electrons. The van der Waals surface area contributed by atoms with Crippen LogP contribution >= 0.6 is 0 Å². The minimum absolute atomic E-state index is 0.0837. The molecule has 1 saturated carbocycles. The average Bonchev–Trinajstić information content (AvgIpc) is 3.20. The van der Waals surface area contributed by atoms with Crippen molar-refractivity contribution >= 4 is 10.0 Å². The Morgan fingerprint density at radius 2 is 1.84 bits per heavy atom. The van der Waals surface area contributed by atoms with Gasteiger partial charge in [0, 0.05) is 12.6 Å². The third-order valence-corrected chi connectivity index (χ3v) is 5.18.